The number of rotatable bonds is 5. The van der Waals surface area contributed by atoms with E-state index in [4.69, 9.17) is 15.2 Å². The molecule has 1 heterocycles. The molecule has 26 heavy (non-hydrogen) atoms. The quantitative estimate of drug-likeness (QED) is 0.762. The topological polar surface area (TPSA) is 47.7 Å². The summed E-state index contributed by atoms with van der Waals surface area (Å²) in [5.41, 5.74) is 10.9. The fourth-order valence-electron chi connectivity index (χ4n) is 3.53. The summed E-state index contributed by atoms with van der Waals surface area (Å²) >= 11 is 0. The first-order valence-electron chi connectivity index (χ1n) is 8.46. The zero-order valence-corrected chi connectivity index (χ0v) is 17.2. The predicted molar refractivity (Wildman–Crippen MR) is 112 cm³/mol. The van der Waals surface area contributed by atoms with Crippen molar-refractivity contribution >= 4 is 30.5 Å². The average molecular weight is 399 g/mol. The number of methoxy groups -OCH3 is 2. The van der Waals surface area contributed by atoms with Gasteiger partial charge in [0.25, 0.3) is 0 Å². The Labute approximate surface area is 168 Å². The van der Waals surface area contributed by atoms with Crippen LogP contribution in [0.4, 0.5) is 5.69 Å². The third-order valence-corrected chi connectivity index (χ3v) is 5.04. The summed E-state index contributed by atoms with van der Waals surface area (Å²) < 4.78 is 10.9. The molecule has 6 heteroatoms. The number of nitrogens with zero attached hydrogens (tertiary/aromatic N) is 1. The maximum Gasteiger partial charge on any atom is 0.161 e. The molecule has 0 aromatic heterocycles. The van der Waals surface area contributed by atoms with Crippen LogP contribution < -0.4 is 15.2 Å². The monoisotopic (exact) mass is 398 g/mol. The summed E-state index contributed by atoms with van der Waals surface area (Å²) in [6, 6.07) is 12.7. The van der Waals surface area contributed by atoms with Crippen molar-refractivity contribution in [2.45, 2.75) is 25.8 Å². The summed E-state index contributed by atoms with van der Waals surface area (Å²) in [6.45, 7) is 4.32. The molecule has 0 radical (unpaired) electrons. The Hall–Kier alpha value is -1.62. The fraction of sp³-hybridized carbons (Fsp3) is 0.400. The van der Waals surface area contributed by atoms with Crippen LogP contribution in [0.15, 0.2) is 36.4 Å². The second-order valence-corrected chi connectivity index (χ2v) is 6.32. The highest BCUT2D eigenvalue weighted by molar-refractivity contribution is 5.85. The van der Waals surface area contributed by atoms with Gasteiger partial charge in [0.05, 0.1) is 14.2 Å². The van der Waals surface area contributed by atoms with Gasteiger partial charge >= 0.3 is 0 Å². The number of hydrogen-bond acceptors (Lipinski definition) is 4. The Kier molecular flexibility index (Phi) is 8.54. The molecule has 1 aliphatic rings. The molecule has 0 bridgehead atoms. The molecule has 0 saturated carbocycles. The van der Waals surface area contributed by atoms with Crippen molar-refractivity contribution in [1.82, 2.24) is 4.90 Å². The van der Waals surface area contributed by atoms with E-state index in [2.05, 4.69) is 36.1 Å². The molecule has 144 valence electrons. The van der Waals surface area contributed by atoms with E-state index in [9.17, 15) is 0 Å². The number of hydrogen-bond donors (Lipinski definition) is 1. The van der Waals surface area contributed by atoms with E-state index in [1.807, 2.05) is 12.1 Å². The molecular weight excluding hydrogens is 371 g/mol. The van der Waals surface area contributed by atoms with Gasteiger partial charge in [-0.25, -0.2) is 0 Å². The summed E-state index contributed by atoms with van der Waals surface area (Å²) in [5, 5.41) is 0. The lowest BCUT2D eigenvalue weighted by molar-refractivity contribution is 0.200. The van der Waals surface area contributed by atoms with Crippen molar-refractivity contribution in [1.29, 1.82) is 0 Å². The number of benzene rings is 2. The standard InChI is InChI=1S/C20H26N2O2.2ClH/c1-14-17-13-20(24-3)19(23-2)12-16(17)9-11-22(14)10-8-15-6-4-5-7-18(15)21;;/h4-7,12-14H,8-11,21H2,1-3H3;2*1H. The molecule has 4 nitrogen and oxygen atoms in total. The number of anilines is 1. The lowest BCUT2D eigenvalue weighted by atomic mass is 9.92. The summed E-state index contributed by atoms with van der Waals surface area (Å²) in [4.78, 5) is 2.51. The highest BCUT2D eigenvalue weighted by atomic mass is 35.5. The Morgan fingerprint density at radius 2 is 1.73 bits per heavy atom. The minimum absolute atomic E-state index is 0. The molecule has 2 aromatic rings. The van der Waals surface area contributed by atoms with Crippen LogP contribution in [0.5, 0.6) is 11.5 Å². The summed E-state index contributed by atoms with van der Waals surface area (Å²) in [7, 11) is 3.38. The third-order valence-electron chi connectivity index (χ3n) is 5.04. The number of ether oxygens (including phenoxy) is 2. The molecule has 0 fully saturated rings. The molecule has 2 aromatic carbocycles. The number of fused-ring (bicyclic) bond motifs is 1. The maximum absolute atomic E-state index is 6.07. The van der Waals surface area contributed by atoms with Crippen LogP contribution in [0.1, 0.15) is 29.7 Å². The number of nitrogens with two attached hydrogens (primary N) is 1. The van der Waals surface area contributed by atoms with Gasteiger partial charge < -0.3 is 15.2 Å². The molecule has 1 atom stereocenters. The highest BCUT2D eigenvalue weighted by Gasteiger charge is 2.25. The molecular formula is C20H28Cl2N2O2. The first-order valence-corrected chi connectivity index (χ1v) is 8.46. The summed E-state index contributed by atoms with van der Waals surface area (Å²) in [6.07, 6.45) is 2.00. The minimum Gasteiger partial charge on any atom is -0.493 e. The van der Waals surface area contributed by atoms with Crippen LogP contribution in [-0.4, -0.2) is 32.2 Å². The lowest BCUT2D eigenvalue weighted by Gasteiger charge is -2.35. The van der Waals surface area contributed by atoms with E-state index < -0.39 is 0 Å². The van der Waals surface area contributed by atoms with Crippen LogP contribution in [0.3, 0.4) is 0 Å². The number of para-hydroxylation sites is 1. The molecule has 0 saturated heterocycles. The smallest absolute Gasteiger partial charge is 0.161 e. The van der Waals surface area contributed by atoms with Gasteiger partial charge in [0.1, 0.15) is 0 Å². The van der Waals surface area contributed by atoms with E-state index in [-0.39, 0.29) is 24.8 Å². The average Bonchev–Trinajstić information content (AvgIpc) is 2.61. The SMILES string of the molecule is COc1cc2c(cc1OC)C(C)N(CCc1ccccc1N)CC2.Cl.Cl. The van der Waals surface area contributed by atoms with E-state index in [0.29, 0.717) is 6.04 Å². The largest absolute Gasteiger partial charge is 0.493 e. The van der Waals surface area contributed by atoms with Gasteiger partial charge in [-0.2, -0.15) is 0 Å². The second kappa shape index (κ2) is 9.91. The van der Waals surface area contributed by atoms with E-state index >= 15 is 0 Å². The molecule has 0 aliphatic carbocycles. The highest BCUT2D eigenvalue weighted by Crippen LogP contribution is 2.37. The lowest BCUT2D eigenvalue weighted by Crippen LogP contribution is -2.35. The molecule has 3 rings (SSSR count). The Morgan fingerprint density at radius 3 is 2.38 bits per heavy atom. The molecule has 0 spiro atoms. The van der Waals surface area contributed by atoms with Crippen molar-refractivity contribution in [2.75, 3.05) is 33.0 Å². The molecule has 1 aliphatic heterocycles. The van der Waals surface area contributed by atoms with Crippen molar-refractivity contribution in [2.24, 2.45) is 0 Å². The normalized spacial score (nSPS) is 16.0. The molecule has 0 amide bonds. The van der Waals surface area contributed by atoms with Gasteiger partial charge in [-0.1, -0.05) is 18.2 Å². The van der Waals surface area contributed by atoms with E-state index in [1.54, 1.807) is 14.2 Å². The Bertz CT molecular complexity index is 725. The van der Waals surface area contributed by atoms with Crippen LogP contribution in [-0.2, 0) is 12.8 Å². The van der Waals surface area contributed by atoms with Crippen molar-refractivity contribution in [3.8, 4) is 11.5 Å². The maximum atomic E-state index is 6.07. The zero-order valence-electron chi connectivity index (χ0n) is 15.5. The summed E-state index contributed by atoms with van der Waals surface area (Å²) in [5.74, 6) is 1.62. The van der Waals surface area contributed by atoms with Crippen molar-refractivity contribution in [3.05, 3.63) is 53.1 Å². The first kappa shape index (κ1) is 22.4. The van der Waals surface area contributed by atoms with Crippen LogP contribution in [0.25, 0.3) is 0 Å². The van der Waals surface area contributed by atoms with Gasteiger partial charge in [-0.05, 0) is 54.7 Å². The van der Waals surface area contributed by atoms with E-state index in [1.165, 1.54) is 16.7 Å². The van der Waals surface area contributed by atoms with Crippen LogP contribution in [0, 0.1) is 0 Å². The van der Waals surface area contributed by atoms with E-state index in [0.717, 1.165) is 43.1 Å². The van der Waals surface area contributed by atoms with Gasteiger partial charge in [0.15, 0.2) is 11.5 Å². The van der Waals surface area contributed by atoms with Crippen molar-refractivity contribution in [3.63, 3.8) is 0 Å². The fourth-order valence-corrected chi connectivity index (χ4v) is 3.53. The Balaban J connectivity index is 0.00000169. The third kappa shape index (κ3) is 4.56. The molecule has 2 N–H and O–H groups in total. The van der Waals surface area contributed by atoms with Crippen molar-refractivity contribution < 1.29 is 9.47 Å². The minimum atomic E-state index is 0. The van der Waals surface area contributed by atoms with Gasteiger partial charge in [0.2, 0.25) is 0 Å². The predicted octanol–water partition coefficient (Wildman–Crippen LogP) is 4.29. The second-order valence-electron chi connectivity index (χ2n) is 6.32. The molecule has 1 unspecified atom stereocenters. The number of nitrogen functional groups attached to an aromatic ring is 1. The zero-order chi connectivity index (χ0) is 17.1. The van der Waals surface area contributed by atoms with Gasteiger partial charge in [0, 0.05) is 24.8 Å². The van der Waals surface area contributed by atoms with Gasteiger partial charge in [-0.15, -0.1) is 24.8 Å². The van der Waals surface area contributed by atoms with Crippen LogP contribution in [0.2, 0.25) is 0 Å². The van der Waals surface area contributed by atoms with Crippen LogP contribution >= 0.6 is 24.8 Å². The first-order chi connectivity index (χ1) is 11.6. The van der Waals surface area contributed by atoms with Gasteiger partial charge in [-0.3, -0.25) is 4.90 Å². The number of halogens is 2. The Morgan fingerprint density at radius 1 is 1.08 bits per heavy atom.